The summed E-state index contributed by atoms with van der Waals surface area (Å²) in [6.07, 6.45) is 4.32. The van der Waals surface area contributed by atoms with Gasteiger partial charge in [0, 0.05) is 11.8 Å². The highest BCUT2D eigenvalue weighted by Crippen LogP contribution is 2.33. The fourth-order valence-electron chi connectivity index (χ4n) is 1.79. The van der Waals surface area contributed by atoms with E-state index in [1.807, 2.05) is 13.8 Å². The van der Waals surface area contributed by atoms with E-state index in [1.165, 1.54) is 12.2 Å². The zero-order valence-corrected chi connectivity index (χ0v) is 11.5. The van der Waals surface area contributed by atoms with Crippen molar-refractivity contribution in [1.29, 1.82) is 0 Å². The summed E-state index contributed by atoms with van der Waals surface area (Å²) in [7, 11) is 0. The third kappa shape index (κ3) is 2.53. The van der Waals surface area contributed by atoms with E-state index in [2.05, 4.69) is 4.99 Å². The number of carbonyl (C=O) groups is 1. The van der Waals surface area contributed by atoms with Crippen molar-refractivity contribution < 1.29 is 4.79 Å². The first-order valence-corrected chi connectivity index (χ1v) is 6.11. The van der Waals surface area contributed by atoms with Gasteiger partial charge in [0.25, 0.3) is 0 Å². The highest BCUT2D eigenvalue weighted by molar-refractivity contribution is 6.48. The van der Waals surface area contributed by atoms with Gasteiger partial charge in [0.1, 0.15) is 0 Å². The van der Waals surface area contributed by atoms with Crippen LogP contribution in [-0.2, 0) is 4.79 Å². The molecule has 0 aromatic heterocycles. The van der Waals surface area contributed by atoms with Crippen LogP contribution in [0.15, 0.2) is 34.3 Å². The van der Waals surface area contributed by atoms with Crippen molar-refractivity contribution in [3.63, 3.8) is 0 Å². The predicted octanol–water partition coefficient (Wildman–Crippen LogP) is 2.80. The first-order chi connectivity index (χ1) is 8.90. The Morgan fingerprint density at radius 3 is 2.47 bits per heavy atom. The second kappa shape index (κ2) is 4.90. The molecule has 0 spiro atoms. The van der Waals surface area contributed by atoms with Crippen molar-refractivity contribution in [2.45, 2.75) is 13.8 Å². The fourth-order valence-corrected chi connectivity index (χ4v) is 2.01. The van der Waals surface area contributed by atoms with Crippen molar-refractivity contribution in [3.05, 3.63) is 40.5 Å². The predicted molar refractivity (Wildman–Crippen MR) is 79.9 cm³/mol. The summed E-state index contributed by atoms with van der Waals surface area (Å²) in [6, 6.07) is 1.80. The highest BCUT2D eigenvalue weighted by atomic mass is 35.5. The number of carbonyl (C=O) groups excluding carboxylic acids is 1. The number of nitrogen functional groups attached to an aromatic ring is 2. The number of hydrogen-bond acceptors (Lipinski definition) is 4. The summed E-state index contributed by atoms with van der Waals surface area (Å²) in [5.41, 5.74) is 15.9. The first-order valence-electron chi connectivity index (χ1n) is 5.73. The molecule has 1 aromatic rings. The molecule has 1 aliphatic rings. The lowest BCUT2D eigenvalue weighted by atomic mass is 10.1. The van der Waals surface area contributed by atoms with E-state index in [4.69, 9.17) is 23.1 Å². The molecule has 98 valence electrons. The van der Waals surface area contributed by atoms with Crippen molar-refractivity contribution in [2.24, 2.45) is 4.99 Å². The molecule has 0 saturated carbocycles. The number of hydrogen-bond donors (Lipinski definition) is 2. The summed E-state index contributed by atoms with van der Waals surface area (Å²) < 4.78 is 0. The molecule has 1 aromatic carbocycles. The number of aryl methyl sites for hydroxylation is 1. The summed E-state index contributed by atoms with van der Waals surface area (Å²) in [5, 5.41) is 0.305. The molecule has 0 saturated heterocycles. The van der Waals surface area contributed by atoms with Crippen molar-refractivity contribution in [1.82, 2.24) is 0 Å². The highest BCUT2D eigenvalue weighted by Gasteiger charge is 2.12. The minimum Gasteiger partial charge on any atom is -0.398 e. The Balaban J connectivity index is 2.53. The molecule has 1 aliphatic carbocycles. The van der Waals surface area contributed by atoms with Gasteiger partial charge >= 0.3 is 0 Å². The monoisotopic (exact) mass is 275 g/mol. The smallest absolute Gasteiger partial charge is 0.180 e. The molecule has 19 heavy (non-hydrogen) atoms. The molecule has 0 heterocycles. The number of halogens is 1. The van der Waals surface area contributed by atoms with E-state index in [0.29, 0.717) is 27.8 Å². The van der Waals surface area contributed by atoms with Crippen LogP contribution < -0.4 is 11.5 Å². The van der Waals surface area contributed by atoms with Crippen molar-refractivity contribution >= 4 is 40.2 Å². The lowest BCUT2D eigenvalue weighted by Gasteiger charge is -2.12. The van der Waals surface area contributed by atoms with Crippen LogP contribution >= 0.6 is 11.6 Å². The Hall–Kier alpha value is -2.07. The van der Waals surface area contributed by atoms with Crippen LogP contribution in [0, 0.1) is 13.8 Å². The van der Waals surface area contributed by atoms with Gasteiger partial charge in [-0.05, 0) is 43.2 Å². The molecule has 5 heteroatoms. The van der Waals surface area contributed by atoms with Crippen molar-refractivity contribution in [3.8, 4) is 0 Å². The minimum absolute atomic E-state index is 0.151. The molecular weight excluding hydrogens is 262 g/mol. The second-order valence-corrected chi connectivity index (χ2v) is 4.80. The number of nitrogens with zero attached hydrogens (tertiary/aromatic N) is 1. The topological polar surface area (TPSA) is 81.5 Å². The van der Waals surface area contributed by atoms with Gasteiger partial charge in [0.05, 0.1) is 22.1 Å². The maximum Gasteiger partial charge on any atom is 0.180 e. The number of nitrogens with two attached hydrogens (primary N) is 2. The first kappa shape index (κ1) is 13.4. The molecule has 0 radical (unpaired) electrons. The van der Waals surface area contributed by atoms with Gasteiger partial charge in [-0.1, -0.05) is 11.6 Å². The number of ketones is 1. The Morgan fingerprint density at radius 1 is 1.16 bits per heavy atom. The molecular formula is C14H14ClN3O. The van der Waals surface area contributed by atoms with Crippen LogP contribution in [0.5, 0.6) is 0 Å². The number of aliphatic imine (C=N–C) groups is 1. The standard InChI is InChI=1S/C14H14ClN3O/c1-7-5-12(14(17)8(2)13(7)16)18-11-4-3-9(19)6-10(11)15/h3-6H,16-17H2,1-2H3. The molecule has 4 N–H and O–H groups in total. The van der Waals surface area contributed by atoms with Gasteiger partial charge in [0.2, 0.25) is 0 Å². The van der Waals surface area contributed by atoms with Crippen LogP contribution in [0.25, 0.3) is 0 Å². The maximum atomic E-state index is 11.1. The molecule has 0 atom stereocenters. The third-order valence-electron chi connectivity index (χ3n) is 3.02. The lowest BCUT2D eigenvalue weighted by molar-refractivity contribution is -0.110. The Bertz CT molecular complexity index is 657. The minimum atomic E-state index is -0.151. The van der Waals surface area contributed by atoms with Gasteiger partial charge < -0.3 is 11.5 Å². The van der Waals surface area contributed by atoms with Crippen LogP contribution in [0.1, 0.15) is 11.1 Å². The quantitative estimate of drug-likeness (QED) is 0.611. The maximum absolute atomic E-state index is 11.1. The number of anilines is 2. The molecule has 0 bridgehead atoms. The van der Waals surface area contributed by atoms with Gasteiger partial charge in [-0.2, -0.15) is 0 Å². The van der Waals surface area contributed by atoms with E-state index in [0.717, 1.165) is 11.1 Å². The van der Waals surface area contributed by atoms with Gasteiger partial charge in [-0.3, -0.25) is 4.79 Å². The van der Waals surface area contributed by atoms with Gasteiger partial charge in [0.15, 0.2) is 5.78 Å². The average Bonchev–Trinajstić information content (AvgIpc) is 2.36. The molecule has 0 aliphatic heterocycles. The van der Waals surface area contributed by atoms with Gasteiger partial charge in [-0.15, -0.1) is 0 Å². The molecule has 0 unspecified atom stereocenters. The number of rotatable bonds is 1. The normalized spacial score (nSPS) is 16.9. The Labute approximate surface area is 116 Å². The Morgan fingerprint density at radius 2 is 1.84 bits per heavy atom. The SMILES string of the molecule is Cc1cc(N=C2C=CC(=O)C=C2Cl)c(N)c(C)c1N. The number of benzene rings is 1. The van der Waals surface area contributed by atoms with Crippen LogP contribution in [0.2, 0.25) is 0 Å². The zero-order chi connectivity index (χ0) is 14.2. The van der Waals surface area contributed by atoms with Crippen molar-refractivity contribution in [2.75, 3.05) is 11.5 Å². The van der Waals surface area contributed by atoms with E-state index >= 15 is 0 Å². The van der Waals surface area contributed by atoms with Crippen LogP contribution in [-0.4, -0.2) is 11.5 Å². The molecule has 2 rings (SSSR count). The molecule has 0 amide bonds. The summed E-state index contributed by atoms with van der Waals surface area (Å²) in [6.45, 7) is 3.74. The van der Waals surface area contributed by atoms with E-state index < -0.39 is 0 Å². The van der Waals surface area contributed by atoms with Gasteiger partial charge in [-0.25, -0.2) is 4.99 Å². The van der Waals surface area contributed by atoms with E-state index in [9.17, 15) is 4.79 Å². The molecule has 0 fully saturated rings. The summed E-state index contributed by atoms with van der Waals surface area (Å²) >= 11 is 5.98. The average molecular weight is 276 g/mol. The zero-order valence-electron chi connectivity index (χ0n) is 10.7. The van der Waals surface area contributed by atoms with Crippen LogP contribution in [0.4, 0.5) is 17.1 Å². The Kier molecular flexibility index (Phi) is 3.44. The fraction of sp³-hybridized carbons (Fsp3) is 0.143. The largest absolute Gasteiger partial charge is 0.398 e. The second-order valence-electron chi connectivity index (χ2n) is 4.39. The van der Waals surface area contributed by atoms with Crippen LogP contribution in [0.3, 0.4) is 0 Å². The van der Waals surface area contributed by atoms with E-state index in [1.54, 1.807) is 12.1 Å². The summed E-state index contributed by atoms with van der Waals surface area (Å²) in [4.78, 5) is 15.5. The number of allylic oxidation sites excluding steroid dienone is 4. The molecule has 4 nitrogen and oxygen atoms in total. The van der Waals surface area contributed by atoms with E-state index in [-0.39, 0.29) is 5.78 Å². The lowest BCUT2D eigenvalue weighted by Crippen LogP contribution is -2.04. The summed E-state index contributed by atoms with van der Waals surface area (Å²) in [5.74, 6) is -0.151. The third-order valence-corrected chi connectivity index (χ3v) is 3.32.